The van der Waals surface area contributed by atoms with Gasteiger partial charge in [0.2, 0.25) is 21.8 Å². The van der Waals surface area contributed by atoms with Crippen LogP contribution in [0.3, 0.4) is 0 Å². The maximum Gasteiger partial charge on any atom is 0.243 e. The van der Waals surface area contributed by atoms with Crippen LogP contribution in [-0.4, -0.2) is 55.7 Å². The van der Waals surface area contributed by atoms with Gasteiger partial charge in [0, 0.05) is 37.6 Å². The van der Waals surface area contributed by atoms with E-state index in [1.54, 1.807) is 55.3 Å². The number of hydrogen-bond acceptors (Lipinski definition) is 5. The molecule has 2 amide bonds. The lowest BCUT2D eigenvalue weighted by Gasteiger charge is -2.29. The number of carbonyl (C=O) groups is 2. The summed E-state index contributed by atoms with van der Waals surface area (Å²) in [5.74, 6) is 0.262. The largest absolute Gasteiger partial charge is 0.497 e. The van der Waals surface area contributed by atoms with Crippen LogP contribution >= 0.6 is 11.6 Å². The zero-order chi connectivity index (χ0) is 29.4. The number of benzene rings is 3. The molecule has 3 aromatic carbocycles. The first-order valence-electron chi connectivity index (χ1n) is 13.7. The van der Waals surface area contributed by atoms with Crippen LogP contribution < -0.4 is 10.1 Å². The van der Waals surface area contributed by atoms with Gasteiger partial charge in [0.1, 0.15) is 11.8 Å². The highest BCUT2D eigenvalue weighted by Crippen LogP contribution is 2.22. The van der Waals surface area contributed by atoms with Gasteiger partial charge in [-0.1, -0.05) is 48.0 Å². The van der Waals surface area contributed by atoms with Crippen LogP contribution in [0.4, 0.5) is 0 Å². The van der Waals surface area contributed by atoms with E-state index in [-0.39, 0.29) is 29.7 Å². The molecular formula is C31H36ClN3O5S. The van der Waals surface area contributed by atoms with E-state index in [0.717, 1.165) is 29.5 Å². The first-order valence-corrected chi connectivity index (χ1v) is 15.5. The molecule has 0 bridgehead atoms. The molecule has 0 radical (unpaired) electrons. The average molecular weight is 598 g/mol. The molecule has 1 saturated heterocycles. The molecule has 8 nitrogen and oxygen atoms in total. The molecular weight excluding hydrogens is 562 g/mol. The van der Waals surface area contributed by atoms with Crippen LogP contribution in [0.5, 0.6) is 5.75 Å². The number of amides is 2. The number of nitrogens with one attached hydrogen (secondary N) is 1. The summed E-state index contributed by atoms with van der Waals surface area (Å²) in [6.07, 6.45) is 2.35. The topological polar surface area (TPSA) is 96.0 Å². The second-order valence-corrected chi connectivity index (χ2v) is 12.5. The lowest BCUT2D eigenvalue weighted by Crippen LogP contribution is -2.47. The van der Waals surface area contributed by atoms with Crippen molar-refractivity contribution in [3.05, 3.63) is 94.5 Å². The SMILES string of the molecule is COc1ccc(CN(C(=O)CCc2ccc(S(=O)(=O)N3CCCC3)cc2)C(C)C(=O)NCc2ccc(Cl)cc2)cc1. The quantitative estimate of drug-likeness (QED) is 0.324. The van der Waals surface area contributed by atoms with Crippen molar-refractivity contribution in [2.24, 2.45) is 0 Å². The lowest BCUT2D eigenvalue weighted by molar-refractivity contribution is -0.140. The van der Waals surface area contributed by atoms with Crippen molar-refractivity contribution in [1.29, 1.82) is 0 Å². The van der Waals surface area contributed by atoms with Crippen LogP contribution in [0.1, 0.15) is 42.9 Å². The molecule has 1 aliphatic rings. The predicted molar refractivity (Wildman–Crippen MR) is 159 cm³/mol. The van der Waals surface area contributed by atoms with Crippen molar-refractivity contribution in [3.8, 4) is 5.75 Å². The van der Waals surface area contributed by atoms with Crippen LogP contribution in [0.25, 0.3) is 0 Å². The minimum atomic E-state index is -3.49. The van der Waals surface area contributed by atoms with Crippen molar-refractivity contribution in [2.75, 3.05) is 20.2 Å². The van der Waals surface area contributed by atoms with Crippen molar-refractivity contribution >= 4 is 33.4 Å². The van der Waals surface area contributed by atoms with Gasteiger partial charge in [0.25, 0.3) is 0 Å². The third-order valence-corrected chi connectivity index (χ3v) is 9.48. The Labute approximate surface area is 247 Å². The molecule has 0 aliphatic carbocycles. The Balaban J connectivity index is 1.43. The van der Waals surface area contributed by atoms with Gasteiger partial charge in [-0.05, 0) is 79.3 Å². The monoisotopic (exact) mass is 597 g/mol. The molecule has 3 aromatic rings. The minimum absolute atomic E-state index is 0.170. The van der Waals surface area contributed by atoms with Gasteiger partial charge in [0.15, 0.2) is 0 Å². The number of carbonyl (C=O) groups excluding carboxylic acids is 2. The van der Waals surface area contributed by atoms with Gasteiger partial charge in [0.05, 0.1) is 12.0 Å². The molecule has 1 atom stereocenters. The van der Waals surface area contributed by atoms with Crippen LogP contribution in [-0.2, 0) is 39.1 Å². The van der Waals surface area contributed by atoms with E-state index in [9.17, 15) is 18.0 Å². The fourth-order valence-electron chi connectivity index (χ4n) is 4.75. The summed E-state index contributed by atoms with van der Waals surface area (Å²) in [6.45, 7) is 3.39. The molecule has 1 fully saturated rings. The van der Waals surface area contributed by atoms with E-state index in [1.165, 1.54) is 4.31 Å². The maximum absolute atomic E-state index is 13.5. The van der Waals surface area contributed by atoms with Crippen molar-refractivity contribution in [3.63, 3.8) is 0 Å². The standard InChI is InChI=1S/C31H36ClN3O5S/c1-23(31(37)33-21-25-5-12-27(32)13-6-25)35(22-26-7-14-28(40-2)15-8-26)30(36)18-11-24-9-16-29(17-10-24)41(38,39)34-19-3-4-20-34/h5-10,12-17,23H,3-4,11,18-22H2,1-2H3,(H,33,37). The molecule has 1 heterocycles. The van der Waals surface area contributed by atoms with Crippen molar-refractivity contribution in [1.82, 2.24) is 14.5 Å². The molecule has 0 spiro atoms. The average Bonchev–Trinajstić information content (AvgIpc) is 3.55. The van der Waals surface area contributed by atoms with E-state index >= 15 is 0 Å². The fraction of sp³-hybridized carbons (Fsp3) is 0.355. The number of halogens is 1. The Kier molecular flexibility index (Phi) is 10.4. The maximum atomic E-state index is 13.5. The summed E-state index contributed by atoms with van der Waals surface area (Å²) in [4.78, 5) is 28.5. The predicted octanol–water partition coefficient (Wildman–Crippen LogP) is 4.80. The molecule has 1 unspecified atom stereocenters. The highest BCUT2D eigenvalue weighted by Gasteiger charge is 2.28. The third-order valence-electron chi connectivity index (χ3n) is 7.31. The molecule has 1 aliphatic heterocycles. The fourth-order valence-corrected chi connectivity index (χ4v) is 6.39. The molecule has 10 heteroatoms. The van der Waals surface area contributed by atoms with Crippen LogP contribution in [0.2, 0.25) is 5.02 Å². The Morgan fingerprint density at radius 1 is 0.927 bits per heavy atom. The van der Waals surface area contributed by atoms with Gasteiger partial charge in [-0.25, -0.2) is 8.42 Å². The zero-order valence-electron chi connectivity index (χ0n) is 23.4. The first kappa shape index (κ1) is 30.6. The number of sulfonamides is 1. The summed E-state index contributed by atoms with van der Waals surface area (Å²) in [5, 5.41) is 3.54. The van der Waals surface area contributed by atoms with E-state index in [1.807, 2.05) is 36.4 Å². The Bertz CT molecular complexity index is 1420. The van der Waals surface area contributed by atoms with E-state index in [4.69, 9.17) is 16.3 Å². The second-order valence-electron chi connectivity index (χ2n) is 10.1. The Morgan fingerprint density at radius 3 is 2.12 bits per heavy atom. The van der Waals surface area contributed by atoms with Gasteiger partial charge in [-0.3, -0.25) is 9.59 Å². The van der Waals surface area contributed by atoms with Crippen molar-refractivity contribution < 1.29 is 22.7 Å². The zero-order valence-corrected chi connectivity index (χ0v) is 25.0. The third kappa shape index (κ3) is 8.09. The highest BCUT2D eigenvalue weighted by atomic mass is 35.5. The molecule has 0 aromatic heterocycles. The Morgan fingerprint density at radius 2 is 1.51 bits per heavy atom. The van der Waals surface area contributed by atoms with E-state index in [0.29, 0.717) is 36.8 Å². The molecule has 4 rings (SSSR count). The molecule has 41 heavy (non-hydrogen) atoms. The number of hydrogen-bond donors (Lipinski definition) is 1. The summed E-state index contributed by atoms with van der Waals surface area (Å²) in [6, 6.07) is 20.6. The summed E-state index contributed by atoms with van der Waals surface area (Å²) in [7, 11) is -1.90. The molecule has 218 valence electrons. The van der Waals surface area contributed by atoms with Gasteiger partial charge < -0.3 is 15.0 Å². The molecule has 1 N–H and O–H groups in total. The Hall–Kier alpha value is -3.40. The number of rotatable bonds is 12. The van der Waals surface area contributed by atoms with Gasteiger partial charge in [-0.15, -0.1) is 0 Å². The summed E-state index contributed by atoms with van der Waals surface area (Å²) < 4.78 is 32.4. The normalized spacial score (nSPS) is 14.4. The minimum Gasteiger partial charge on any atom is -0.497 e. The number of ether oxygens (including phenoxy) is 1. The number of methoxy groups -OCH3 is 1. The number of nitrogens with zero attached hydrogens (tertiary/aromatic N) is 2. The smallest absolute Gasteiger partial charge is 0.243 e. The van der Waals surface area contributed by atoms with Gasteiger partial charge >= 0.3 is 0 Å². The highest BCUT2D eigenvalue weighted by molar-refractivity contribution is 7.89. The second kappa shape index (κ2) is 14.0. The lowest BCUT2D eigenvalue weighted by atomic mass is 10.1. The van der Waals surface area contributed by atoms with Crippen LogP contribution in [0, 0.1) is 0 Å². The summed E-state index contributed by atoms with van der Waals surface area (Å²) >= 11 is 5.96. The van der Waals surface area contributed by atoms with E-state index < -0.39 is 16.1 Å². The van der Waals surface area contributed by atoms with Crippen molar-refractivity contribution in [2.45, 2.75) is 56.6 Å². The van der Waals surface area contributed by atoms with E-state index in [2.05, 4.69) is 5.32 Å². The first-order chi connectivity index (χ1) is 19.7. The van der Waals surface area contributed by atoms with Crippen LogP contribution in [0.15, 0.2) is 77.7 Å². The molecule has 0 saturated carbocycles. The summed E-state index contributed by atoms with van der Waals surface area (Å²) in [5.41, 5.74) is 2.62. The van der Waals surface area contributed by atoms with Gasteiger partial charge in [-0.2, -0.15) is 4.31 Å². The number of aryl methyl sites for hydroxylation is 1.